The molecule has 1 aromatic heterocycles. The Morgan fingerprint density at radius 3 is 2.63 bits per heavy atom. The molecule has 30 heavy (non-hydrogen) atoms. The fourth-order valence-corrected chi connectivity index (χ4v) is 3.51. The Hall–Kier alpha value is -2.93. The molecule has 158 valence electrons. The molecule has 6 nitrogen and oxygen atoms in total. The van der Waals surface area contributed by atoms with Crippen molar-refractivity contribution in [1.29, 1.82) is 0 Å². The molecule has 0 saturated heterocycles. The van der Waals surface area contributed by atoms with Crippen LogP contribution in [0.2, 0.25) is 0 Å². The minimum Gasteiger partial charge on any atom is -0.496 e. The molecule has 0 atom stereocenters. The van der Waals surface area contributed by atoms with Gasteiger partial charge in [-0.1, -0.05) is 0 Å². The van der Waals surface area contributed by atoms with Gasteiger partial charge in [0.2, 0.25) is 0 Å². The number of rotatable bonds is 8. The summed E-state index contributed by atoms with van der Waals surface area (Å²) in [7, 11) is 3.41. The lowest BCUT2D eigenvalue weighted by atomic mass is 10.1. The van der Waals surface area contributed by atoms with Crippen LogP contribution in [0.4, 0.5) is 10.5 Å². The number of nitrogens with zero attached hydrogens (tertiary/aromatic N) is 2. The monoisotopic (exact) mass is 425 g/mol. The third kappa shape index (κ3) is 5.16. The number of aryl methyl sites for hydroxylation is 1. The number of anilines is 1. The smallest absolute Gasteiger partial charge is 0.321 e. The number of benzene rings is 2. The van der Waals surface area contributed by atoms with E-state index in [0.29, 0.717) is 12.3 Å². The molecule has 0 fully saturated rings. The second-order valence-corrected chi connectivity index (χ2v) is 7.87. The van der Waals surface area contributed by atoms with Gasteiger partial charge in [0.25, 0.3) is 0 Å². The predicted molar refractivity (Wildman–Crippen MR) is 124 cm³/mol. The summed E-state index contributed by atoms with van der Waals surface area (Å²) >= 11 is 1.77. The summed E-state index contributed by atoms with van der Waals surface area (Å²) < 4.78 is 11.5. The number of amides is 2. The lowest BCUT2D eigenvalue weighted by Gasteiger charge is -2.18. The number of nitrogens with one attached hydrogen (secondary N) is 1. The minimum absolute atomic E-state index is 0.116. The molecule has 3 rings (SSSR count). The highest BCUT2D eigenvalue weighted by Gasteiger charge is 2.12. The van der Waals surface area contributed by atoms with Crippen molar-refractivity contribution in [2.24, 2.45) is 0 Å². The first-order valence-electron chi connectivity index (χ1n) is 9.75. The number of urea groups is 1. The van der Waals surface area contributed by atoms with Crippen molar-refractivity contribution in [1.82, 2.24) is 10.3 Å². The van der Waals surface area contributed by atoms with Crippen LogP contribution >= 0.6 is 11.8 Å². The summed E-state index contributed by atoms with van der Waals surface area (Å²) in [5.74, 6) is 3.24. The molecule has 0 aliphatic carbocycles. The molecule has 0 saturated carbocycles. The normalized spacial score (nSPS) is 10.7. The lowest BCUT2D eigenvalue weighted by molar-refractivity contribution is 0.247. The van der Waals surface area contributed by atoms with E-state index in [9.17, 15) is 4.79 Å². The topological polar surface area (TPSA) is 63.7 Å². The van der Waals surface area contributed by atoms with Crippen LogP contribution in [0.25, 0.3) is 10.9 Å². The highest BCUT2D eigenvalue weighted by Crippen LogP contribution is 2.33. The highest BCUT2D eigenvalue weighted by molar-refractivity contribution is 7.98. The van der Waals surface area contributed by atoms with Crippen molar-refractivity contribution >= 4 is 34.4 Å². The molecule has 0 radical (unpaired) electrons. The van der Waals surface area contributed by atoms with Gasteiger partial charge in [0, 0.05) is 36.9 Å². The molecule has 1 heterocycles. The van der Waals surface area contributed by atoms with E-state index in [0.717, 1.165) is 45.8 Å². The van der Waals surface area contributed by atoms with Gasteiger partial charge in [-0.15, -0.1) is 0 Å². The number of hydrogen-bond acceptors (Lipinski definition) is 5. The van der Waals surface area contributed by atoms with Crippen molar-refractivity contribution in [2.75, 3.05) is 37.6 Å². The van der Waals surface area contributed by atoms with Gasteiger partial charge in [0.1, 0.15) is 17.2 Å². The maximum Gasteiger partial charge on any atom is 0.321 e. The Morgan fingerprint density at radius 1 is 1.17 bits per heavy atom. The van der Waals surface area contributed by atoms with E-state index in [-0.39, 0.29) is 6.03 Å². The van der Waals surface area contributed by atoms with Crippen LogP contribution in [0.5, 0.6) is 17.2 Å². The zero-order valence-corrected chi connectivity index (χ0v) is 18.6. The Balaban J connectivity index is 1.71. The maximum absolute atomic E-state index is 12.3. The van der Waals surface area contributed by atoms with Gasteiger partial charge in [-0.3, -0.25) is 9.88 Å². The maximum atomic E-state index is 12.3. The molecular formula is C23H27N3O3S. The molecule has 2 aromatic carbocycles. The van der Waals surface area contributed by atoms with E-state index in [1.807, 2.05) is 49.4 Å². The molecule has 0 unspecified atom stereocenters. The van der Waals surface area contributed by atoms with Gasteiger partial charge in [-0.2, -0.15) is 11.8 Å². The van der Waals surface area contributed by atoms with Crippen LogP contribution in [-0.4, -0.2) is 43.7 Å². The number of fused-ring (bicyclic) bond motifs is 1. The first kappa shape index (κ1) is 21.8. The largest absolute Gasteiger partial charge is 0.496 e. The minimum atomic E-state index is -0.116. The first-order chi connectivity index (χ1) is 14.5. The number of pyridine rings is 1. The van der Waals surface area contributed by atoms with Crippen molar-refractivity contribution in [3.8, 4) is 17.2 Å². The van der Waals surface area contributed by atoms with Gasteiger partial charge in [0.05, 0.1) is 12.6 Å². The molecule has 3 aromatic rings. The summed E-state index contributed by atoms with van der Waals surface area (Å²) in [6, 6.07) is 13.1. The summed E-state index contributed by atoms with van der Waals surface area (Å²) in [6.45, 7) is 2.66. The van der Waals surface area contributed by atoms with Gasteiger partial charge < -0.3 is 14.8 Å². The van der Waals surface area contributed by atoms with Crippen molar-refractivity contribution in [3.63, 3.8) is 0 Å². The van der Waals surface area contributed by atoms with Crippen LogP contribution in [0.1, 0.15) is 12.0 Å². The van der Waals surface area contributed by atoms with Gasteiger partial charge in [0.15, 0.2) is 0 Å². The van der Waals surface area contributed by atoms with Crippen LogP contribution in [0.15, 0.2) is 48.7 Å². The van der Waals surface area contributed by atoms with Gasteiger partial charge in [-0.25, -0.2) is 4.79 Å². The molecule has 1 N–H and O–H groups in total. The van der Waals surface area contributed by atoms with E-state index in [2.05, 4.69) is 16.6 Å². The number of carbonyl (C=O) groups is 1. The molecular weight excluding hydrogens is 398 g/mol. The Morgan fingerprint density at radius 2 is 1.93 bits per heavy atom. The Kier molecular flexibility index (Phi) is 7.41. The summed E-state index contributed by atoms with van der Waals surface area (Å²) in [4.78, 5) is 18.3. The number of aromatic nitrogens is 1. The summed E-state index contributed by atoms with van der Waals surface area (Å²) in [5, 5.41) is 3.85. The van der Waals surface area contributed by atoms with Crippen LogP contribution in [0, 0.1) is 6.92 Å². The fourth-order valence-electron chi connectivity index (χ4n) is 3.08. The zero-order valence-electron chi connectivity index (χ0n) is 17.8. The number of carbonyl (C=O) groups excluding carboxylic acids is 1. The van der Waals surface area contributed by atoms with Crippen LogP contribution < -0.4 is 19.7 Å². The van der Waals surface area contributed by atoms with E-state index in [1.54, 1.807) is 37.0 Å². The standard InChI is InChI=1S/C23H27N3O3S/c1-16-14-19-20(15-22(16)28-3)24-12-10-21(19)29-18-8-6-17(7-9-18)26(2)23(27)25-11-5-13-30-4/h6-10,12,14-15H,5,11,13H2,1-4H3,(H,25,27). The van der Waals surface area contributed by atoms with Gasteiger partial charge >= 0.3 is 6.03 Å². The van der Waals surface area contributed by atoms with Crippen LogP contribution in [-0.2, 0) is 0 Å². The molecule has 2 amide bonds. The predicted octanol–water partition coefficient (Wildman–Crippen LogP) is 5.24. The molecule has 0 aliphatic rings. The molecule has 0 aliphatic heterocycles. The second-order valence-electron chi connectivity index (χ2n) is 6.88. The SMILES string of the molecule is COc1cc2nccc(Oc3ccc(N(C)C(=O)NCCCSC)cc3)c2cc1C. The Labute approximate surface area is 181 Å². The van der Waals surface area contributed by atoms with E-state index in [4.69, 9.17) is 9.47 Å². The lowest BCUT2D eigenvalue weighted by Crippen LogP contribution is -2.37. The number of hydrogen-bond donors (Lipinski definition) is 1. The van der Waals surface area contributed by atoms with E-state index < -0.39 is 0 Å². The Bertz CT molecular complexity index is 1010. The second kappa shape index (κ2) is 10.2. The van der Waals surface area contributed by atoms with Crippen molar-refractivity contribution < 1.29 is 14.3 Å². The van der Waals surface area contributed by atoms with Crippen LogP contribution in [0.3, 0.4) is 0 Å². The van der Waals surface area contributed by atoms with E-state index >= 15 is 0 Å². The third-order valence-corrected chi connectivity index (χ3v) is 5.47. The number of thioether (sulfide) groups is 1. The average molecular weight is 426 g/mol. The molecule has 0 spiro atoms. The van der Waals surface area contributed by atoms with Gasteiger partial charge in [-0.05, 0) is 67.3 Å². The summed E-state index contributed by atoms with van der Waals surface area (Å²) in [5.41, 5.74) is 2.62. The fraction of sp³-hybridized carbons (Fsp3) is 0.304. The molecule has 0 bridgehead atoms. The number of methoxy groups -OCH3 is 1. The highest BCUT2D eigenvalue weighted by atomic mass is 32.2. The van der Waals surface area contributed by atoms with E-state index in [1.165, 1.54) is 0 Å². The summed E-state index contributed by atoms with van der Waals surface area (Å²) in [6.07, 6.45) is 4.74. The first-order valence-corrected chi connectivity index (χ1v) is 11.1. The average Bonchev–Trinajstić information content (AvgIpc) is 2.76. The quantitative estimate of drug-likeness (QED) is 0.500. The van der Waals surface area contributed by atoms with Crippen molar-refractivity contribution in [3.05, 3.63) is 54.2 Å². The third-order valence-electron chi connectivity index (χ3n) is 4.78. The number of ether oxygens (including phenoxy) is 2. The molecule has 7 heteroatoms. The zero-order chi connectivity index (χ0) is 21.5. The van der Waals surface area contributed by atoms with Crippen molar-refractivity contribution in [2.45, 2.75) is 13.3 Å².